The zero-order chi connectivity index (χ0) is 38.6. The summed E-state index contributed by atoms with van der Waals surface area (Å²) in [6, 6.07) is 8.88. The van der Waals surface area contributed by atoms with Crippen LogP contribution in [0, 0.1) is 0 Å². The van der Waals surface area contributed by atoms with Crippen LogP contribution in [-0.2, 0) is 28.2 Å². The second-order valence-electron chi connectivity index (χ2n) is 15.4. The molecular weight excluding hydrogens is 721 g/mol. The fourth-order valence-electron chi connectivity index (χ4n) is 9.00. The molecular formula is C39H54N10O5S. The quantitative estimate of drug-likeness (QED) is 0.121. The number of nitrogens with two attached hydrogens (primary N) is 1. The van der Waals surface area contributed by atoms with Gasteiger partial charge in [-0.05, 0) is 94.6 Å². The number of para-hydroxylation sites is 1. The average Bonchev–Trinajstić information content (AvgIpc) is 3.81. The van der Waals surface area contributed by atoms with Gasteiger partial charge in [-0.15, -0.1) is 8.61 Å². The Balaban J connectivity index is 0.874. The summed E-state index contributed by atoms with van der Waals surface area (Å²) in [5.41, 5.74) is 8.90. The van der Waals surface area contributed by atoms with E-state index in [2.05, 4.69) is 21.3 Å². The molecule has 2 unspecified atom stereocenters. The summed E-state index contributed by atoms with van der Waals surface area (Å²) >= 11 is -1.23. The fraction of sp³-hybridized carbons (Fsp3) is 0.590. The maximum absolute atomic E-state index is 13.5. The number of imidazole rings is 1. The van der Waals surface area contributed by atoms with Crippen LogP contribution >= 0.6 is 0 Å². The predicted molar refractivity (Wildman–Crippen MR) is 215 cm³/mol. The Morgan fingerprint density at radius 1 is 0.964 bits per heavy atom. The van der Waals surface area contributed by atoms with Crippen molar-refractivity contribution in [3.05, 3.63) is 62.3 Å². The van der Waals surface area contributed by atoms with Gasteiger partial charge in [0.2, 0.25) is 11.8 Å². The van der Waals surface area contributed by atoms with Gasteiger partial charge in [-0.25, -0.2) is 9.79 Å². The maximum Gasteiger partial charge on any atom is 0.329 e. The topological polar surface area (TPSA) is 179 Å². The summed E-state index contributed by atoms with van der Waals surface area (Å²) in [5.74, 6) is 0.140. The number of likely N-dealkylation sites (tertiary alicyclic amines) is 1. The van der Waals surface area contributed by atoms with Gasteiger partial charge >= 0.3 is 5.69 Å². The Bertz CT molecular complexity index is 2040. The number of rotatable bonds is 12. The van der Waals surface area contributed by atoms with Crippen molar-refractivity contribution in [2.45, 2.75) is 94.7 Å². The van der Waals surface area contributed by atoms with E-state index in [1.165, 1.54) is 6.34 Å². The number of nitrogens with one attached hydrogen (secondary N) is 1. The summed E-state index contributed by atoms with van der Waals surface area (Å²) in [7, 11) is 3.69. The highest BCUT2D eigenvalue weighted by molar-refractivity contribution is 7.86. The Kier molecular flexibility index (Phi) is 12.4. The van der Waals surface area contributed by atoms with Crippen LogP contribution in [0.15, 0.2) is 49.9 Å². The van der Waals surface area contributed by atoms with E-state index in [1.54, 1.807) is 32.9 Å². The number of aryl methyl sites for hydroxylation is 1. The van der Waals surface area contributed by atoms with E-state index < -0.39 is 23.5 Å². The largest absolute Gasteiger partial charge is 0.578 e. The zero-order valence-corrected chi connectivity index (χ0v) is 32.8. The lowest BCUT2D eigenvalue weighted by Gasteiger charge is -2.34. The van der Waals surface area contributed by atoms with Crippen LogP contribution in [0.4, 0.5) is 5.82 Å². The molecule has 1 saturated carbocycles. The van der Waals surface area contributed by atoms with Crippen LogP contribution in [0.1, 0.15) is 99.8 Å². The third-order valence-electron chi connectivity index (χ3n) is 12.0. The Labute approximate surface area is 324 Å². The van der Waals surface area contributed by atoms with Crippen molar-refractivity contribution in [3.8, 4) is 0 Å². The SMILES string of the molecule is CN(CCCN1CCC(c2cccc3c2n(C)c(=O)n3C2CCC(=O)NC2=O)CC1)[S+]([O-])N1CCC(/N=C\c2ccc(=O)n(C3CCCC3)c2/N=C/N)CC1. The smallest absolute Gasteiger partial charge is 0.329 e. The predicted octanol–water partition coefficient (Wildman–Crippen LogP) is 2.88. The average molecular weight is 775 g/mol. The number of imide groups is 1. The van der Waals surface area contributed by atoms with Crippen molar-refractivity contribution in [3.63, 3.8) is 0 Å². The summed E-state index contributed by atoms with van der Waals surface area (Å²) in [4.78, 5) is 62.3. The molecule has 0 radical (unpaired) electrons. The molecule has 0 spiro atoms. The lowest BCUT2D eigenvalue weighted by molar-refractivity contribution is -0.135. The summed E-state index contributed by atoms with van der Waals surface area (Å²) in [5, 5.41) is 2.39. The molecule has 7 rings (SSSR count). The monoisotopic (exact) mass is 774 g/mol. The van der Waals surface area contributed by atoms with Gasteiger partial charge in [-0.2, -0.15) is 0 Å². The first kappa shape index (κ1) is 39.2. The van der Waals surface area contributed by atoms with Gasteiger partial charge in [0.15, 0.2) is 0 Å². The van der Waals surface area contributed by atoms with Crippen molar-refractivity contribution < 1.29 is 14.1 Å². The van der Waals surface area contributed by atoms with Gasteiger partial charge < -0.3 is 15.2 Å². The molecule has 15 nitrogen and oxygen atoms in total. The Morgan fingerprint density at radius 2 is 1.71 bits per heavy atom. The van der Waals surface area contributed by atoms with E-state index >= 15 is 0 Å². The first-order chi connectivity index (χ1) is 26.6. The number of fused-ring (bicyclic) bond motifs is 1. The van der Waals surface area contributed by atoms with E-state index in [0.29, 0.717) is 31.2 Å². The molecule has 296 valence electrons. The number of carbonyl (C=O) groups is 2. The number of benzene rings is 1. The first-order valence-electron chi connectivity index (χ1n) is 19.8. The molecule has 2 atom stereocenters. The van der Waals surface area contributed by atoms with Crippen LogP contribution in [0.3, 0.4) is 0 Å². The maximum atomic E-state index is 13.5. The minimum absolute atomic E-state index is 0.0596. The summed E-state index contributed by atoms with van der Waals surface area (Å²) in [6.45, 7) is 4.90. The molecule has 5 heterocycles. The molecule has 3 N–H and O–H groups in total. The Morgan fingerprint density at radius 3 is 2.42 bits per heavy atom. The number of nitrogens with zero attached hydrogens (tertiary/aromatic N) is 8. The molecule has 0 bridgehead atoms. The molecule has 3 aromatic rings. The van der Waals surface area contributed by atoms with E-state index in [0.717, 1.165) is 106 Å². The number of aromatic nitrogens is 3. The number of carbonyl (C=O) groups excluding carboxylic acids is 2. The van der Waals surface area contributed by atoms with Crippen LogP contribution in [0.5, 0.6) is 0 Å². The van der Waals surface area contributed by atoms with Gasteiger partial charge in [0.1, 0.15) is 23.4 Å². The van der Waals surface area contributed by atoms with Crippen LogP contribution in [0.2, 0.25) is 0 Å². The molecule has 1 aliphatic carbocycles. The molecule has 4 aliphatic rings. The van der Waals surface area contributed by atoms with Crippen LogP contribution in [-0.4, -0.2) is 108 Å². The van der Waals surface area contributed by atoms with Crippen molar-refractivity contribution in [1.29, 1.82) is 0 Å². The summed E-state index contributed by atoms with van der Waals surface area (Å²) in [6.07, 6.45) is 12.2. The van der Waals surface area contributed by atoms with Crippen molar-refractivity contribution in [2.75, 3.05) is 46.3 Å². The van der Waals surface area contributed by atoms with E-state index in [-0.39, 0.29) is 35.7 Å². The second-order valence-corrected chi connectivity index (χ2v) is 17.0. The second kappa shape index (κ2) is 17.4. The Hall–Kier alpha value is -4.09. The van der Waals surface area contributed by atoms with E-state index in [9.17, 15) is 23.7 Å². The molecule has 16 heteroatoms. The third kappa shape index (κ3) is 8.38. The van der Waals surface area contributed by atoms with Crippen LogP contribution < -0.4 is 22.3 Å². The minimum atomic E-state index is -1.23. The van der Waals surface area contributed by atoms with Crippen molar-refractivity contribution in [2.24, 2.45) is 22.8 Å². The fourth-order valence-corrected chi connectivity index (χ4v) is 10.2. The van der Waals surface area contributed by atoms with Crippen molar-refractivity contribution in [1.82, 2.24) is 32.5 Å². The normalized spacial score (nSPS) is 22.2. The standard InChI is InChI=1S/C39H54N10O5S/c1-44(55(54)47-23-17-29(18-24-47)41-25-28-11-14-35(51)48(37(28)42-26-40)30-7-3-4-8-30)19-6-20-46-21-15-27(16-22-46)31-9-5-10-32-36(31)45(2)39(53)49(32)33-12-13-34(50)43-38(33)52/h5,9-11,14,25-27,29-30,33H,3-4,6-8,12-13,15-24H2,1-2H3,(H2,40,42)(H,43,50,52)/b41-25-. The van der Waals surface area contributed by atoms with Crippen LogP contribution in [0.25, 0.3) is 11.0 Å². The minimum Gasteiger partial charge on any atom is -0.578 e. The van der Waals surface area contributed by atoms with Gasteiger partial charge in [-0.3, -0.25) is 38.4 Å². The van der Waals surface area contributed by atoms with Crippen molar-refractivity contribution >= 4 is 52.8 Å². The third-order valence-corrected chi connectivity index (χ3v) is 13.5. The molecule has 3 saturated heterocycles. The summed E-state index contributed by atoms with van der Waals surface area (Å²) < 4.78 is 22.4. The number of hydrogen-bond acceptors (Lipinski definition) is 10. The van der Waals surface area contributed by atoms with Gasteiger partial charge in [-0.1, -0.05) is 25.0 Å². The van der Waals surface area contributed by atoms with Gasteiger partial charge in [0.05, 0.1) is 23.4 Å². The number of piperidine rings is 3. The van der Waals surface area contributed by atoms with Gasteiger partial charge in [0, 0.05) is 64.0 Å². The first-order valence-corrected chi connectivity index (χ1v) is 20.9. The van der Waals surface area contributed by atoms with E-state index in [1.807, 2.05) is 34.0 Å². The van der Waals surface area contributed by atoms with E-state index in [4.69, 9.17) is 10.7 Å². The molecule has 1 aromatic carbocycles. The highest BCUT2D eigenvalue weighted by atomic mass is 32.2. The number of hydrogen-bond donors (Lipinski definition) is 2. The molecule has 2 amide bonds. The molecule has 2 aromatic heterocycles. The number of amides is 2. The number of pyridine rings is 1. The molecule has 55 heavy (non-hydrogen) atoms. The number of aliphatic imine (C=N–C) groups is 2. The lowest BCUT2D eigenvalue weighted by atomic mass is 9.88. The highest BCUT2D eigenvalue weighted by Crippen LogP contribution is 2.35. The highest BCUT2D eigenvalue weighted by Gasteiger charge is 2.34. The zero-order valence-electron chi connectivity index (χ0n) is 32.0. The lowest BCUT2D eigenvalue weighted by Crippen LogP contribution is -2.47. The molecule has 4 fully saturated rings. The molecule has 3 aliphatic heterocycles. The van der Waals surface area contributed by atoms with Gasteiger partial charge in [0.25, 0.3) is 5.56 Å².